The highest BCUT2D eigenvalue weighted by Gasteiger charge is 2.09. The summed E-state index contributed by atoms with van der Waals surface area (Å²) in [5.74, 6) is 0. The SMILES string of the molecule is C=C/C(=C\C)c1ccc(N(C(=C)C)c2ccccc2)cc1. The van der Waals surface area contributed by atoms with Crippen LogP contribution in [0.2, 0.25) is 0 Å². The summed E-state index contributed by atoms with van der Waals surface area (Å²) in [6.45, 7) is 12.0. The van der Waals surface area contributed by atoms with E-state index in [1.165, 1.54) is 5.56 Å². The van der Waals surface area contributed by atoms with Crippen molar-refractivity contribution in [2.75, 3.05) is 4.90 Å². The quantitative estimate of drug-likeness (QED) is 0.610. The number of benzene rings is 2. The summed E-state index contributed by atoms with van der Waals surface area (Å²) < 4.78 is 0. The van der Waals surface area contributed by atoms with E-state index in [1.807, 2.05) is 38.1 Å². The zero-order valence-corrected chi connectivity index (χ0v) is 12.7. The first-order valence-electron chi connectivity index (χ1n) is 7.07. The van der Waals surface area contributed by atoms with Crippen molar-refractivity contribution in [2.45, 2.75) is 13.8 Å². The van der Waals surface area contributed by atoms with Crippen LogP contribution in [0.4, 0.5) is 11.4 Å². The van der Waals surface area contributed by atoms with Gasteiger partial charge >= 0.3 is 0 Å². The number of para-hydroxylation sites is 1. The van der Waals surface area contributed by atoms with Gasteiger partial charge in [-0.3, -0.25) is 0 Å². The van der Waals surface area contributed by atoms with Crippen molar-refractivity contribution in [3.05, 3.63) is 91.2 Å². The van der Waals surface area contributed by atoms with Crippen LogP contribution in [-0.4, -0.2) is 0 Å². The van der Waals surface area contributed by atoms with Crippen LogP contribution >= 0.6 is 0 Å². The number of hydrogen-bond donors (Lipinski definition) is 0. The van der Waals surface area contributed by atoms with Gasteiger partial charge in [-0.05, 0) is 49.2 Å². The molecule has 0 aliphatic carbocycles. The molecule has 0 atom stereocenters. The lowest BCUT2D eigenvalue weighted by Crippen LogP contribution is -2.13. The van der Waals surface area contributed by atoms with Crippen LogP contribution in [0.25, 0.3) is 5.57 Å². The lowest BCUT2D eigenvalue weighted by Gasteiger charge is -2.25. The van der Waals surface area contributed by atoms with Crippen molar-refractivity contribution in [1.82, 2.24) is 0 Å². The van der Waals surface area contributed by atoms with E-state index in [1.54, 1.807) is 0 Å². The first-order chi connectivity index (χ1) is 10.2. The standard InChI is InChI=1S/C20H21N/c1-5-17(6-2)18-12-14-20(15-13-18)21(16(3)4)19-10-8-7-9-11-19/h5-15H,1,3H2,2,4H3/b17-6+. The summed E-state index contributed by atoms with van der Waals surface area (Å²) in [5.41, 5.74) is 5.53. The Morgan fingerprint density at radius 3 is 2.00 bits per heavy atom. The Morgan fingerprint density at radius 1 is 0.952 bits per heavy atom. The maximum Gasteiger partial charge on any atom is 0.0458 e. The Morgan fingerprint density at radius 2 is 1.52 bits per heavy atom. The van der Waals surface area contributed by atoms with Gasteiger partial charge in [0.1, 0.15) is 0 Å². The summed E-state index contributed by atoms with van der Waals surface area (Å²) in [7, 11) is 0. The second kappa shape index (κ2) is 6.76. The molecule has 2 aromatic rings. The van der Waals surface area contributed by atoms with E-state index in [4.69, 9.17) is 0 Å². The van der Waals surface area contributed by atoms with Crippen molar-refractivity contribution in [3.63, 3.8) is 0 Å². The van der Waals surface area contributed by atoms with E-state index >= 15 is 0 Å². The van der Waals surface area contributed by atoms with Crippen molar-refractivity contribution < 1.29 is 0 Å². The van der Waals surface area contributed by atoms with Crippen LogP contribution in [-0.2, 0) is 0 Å². The number of rotatable bonds is 5. The molecule has 21 heavy (non-hydrogen) atoms. The minimum absolute atomic E-state index is 0.990. The third-order valence-corrected chi connectivity index (χ3v) is 3.39. The molecule has 0 radical (unpaired) electrons. The maximum atomic E-state index is 4.10. The molecule has 0 amide bonds. The van der Waals surface area contributed by atoms with Gasteiger partial charge in [0, 0.05) is 17.1 Å². The highest BCUT2D eigenvalue weighted by molar-refractivity contribution is 5.76. The Balaban J connectivity index is 2.39. The Labute approximate surface area is 127 Å². The normalized spacial score (nSPS) is 11.0. The van der Waals surface area contributed by atoms with Crippen molar-refractivity contribution >= 4 is 16.9 Å². The molecule has 0 heterocycles. The predicted octanol–water partition coefficient (Wildman–Crippen LogP) is 5.95. The molecule has 0 N–H and O–H groups in total. The Kier molecular flexibility index (Phi) is 4.78. The van der Waals surface area contributed by atoms with Gasteiger partial charge in [-0.2, -0.15) is 0 Å². The monoisotopic (exact) mass is 275 g/mol. The number of nitrogens with zero attached hydrogens (tertiary/aromatic N) is 1. The van der Waals surface area contributed by atoms with Gasteiger partial charge in [0.05, 0.1) is 0 Å². The van der Waals surface area contributed by atoms with E-state index < -0.39 is 0 Å². The minimum atomic E-state index is 0.990. The molecule has 0 saturated heterocycles. The molecule has 106 valence electrons. The van der Waals surface area contributed by atoms with Gasteiger partial charge in [-0.15, -0.1) is 0 Å². The molecule has 0 spiro atoms. The number of hydrogen-bond acceptors (Lipinski definition) is 1. The molecule has 2 aromatic carbocycles. The average molecular weight is 275 g/mol. The molecule has 0 aromatic heterocycles. The molecule has 0 unspecified atom stereocenters. The van der Waals surface area contributed by atoms with E-state index in [2.05, 4.69) is 60.5 Å². The smallest absolute Gasteiger partial charge is 0.0458 e. The summed E-state index contributed by atoms with van der Waals surface area (Å²) in [4.78, 5) is 2.15. The van der Waals surface area contributed by atoms with E-state index in [0.717, 1.165) is 22.6 Å². The van der Waals surface area contributed by atoms with E-state index in [9.17, 15) is 0 Å². The topological polar surface area (TPSA) is 3.24 Å². The zero-order valence-electron chi connectivity index (χ0n) is 12.7. The van der Waals surface area contributed by atoms with E-state index in [0.29, 0.717) is 0 Å². The Hall–Kier alpha value is -2.54. The van der Waals surface area contributed by atoms with Gasteiger partial charge in [-0.1, -0.05) is 55.6 Å². The molecule has 0 aliphatic rings. The van der Waals surface area contributed by atoms with Crippen LogP contribution < -0.4 is 4.90 Å². The summed E-state index contributed by atoms with van der Waals surface area (Å²) in [5, 5.41) is 0. The van der Waals surface area contributed by atoms with Crippen LogP contribution in [0.5, 0.6) is 0 Å². The highest BCUT2D eigenvalue weighted by Crippen LogP contribution is 2.30. The summed E-state index contributed by atoms with van der Waals surface area (Å²) in [6.07, 6.45) is 3.94. The van der Waals surface area contributed by atoms with Gasteiger partial charge in [-0.25, -0.2) is 0 Å². The molecular weight excluding hydrogens is 254 g/mol. The van der Waals surface area contributed by atoms with Gasteiger partial charge in [0.15, 0.2) is 0 Å². The summed E-state index contributed by atoms with van der Waals surface area (Å²) in [6, 6.07) is 18.7. The molecule has 0 bridgehead atoms. The molecule has 0 saturated carbocycles. The third kappa shape index (κ3) is 3.32. The van der Waals surface area contributed by atoms with Crippen molar-refractivity contribution in [3.8, 4) is 0 Å². The van der Waals surface area contributed by atoms with Crippen LogP contribution in [0.15, 0.2) is 85.6 Å². The minimum Gasteiger partial charge on any atom is -0.315 e. The van der Waals surface area contributed by atoms with Crippen molar-refractivity contribution in [1.29, 1.82) is 0 Å². The largest absolute Gasteiger partial charge is 0.315 e. The summed E-state index contributed by atoms with van der Waals surface area (Å²) >= 11 is 0. The fourth-order valence-electron chi connectivity index (χ4n) is 2.37. The van der Waals surface area contributed by atoms with Gasteiger partial charge in [0.2, 0.25) is 0 Å². The van der Waals surface area contributed by atoms with Gasteiger partial charge < -0.3 is 4.90 Å². The second-order valence-corrected chi connectivity index (χ2v) is 4.90. The lowest BCUT2D eigenvalue weighted by atomic mass is 10.0. The average Bonchev–Trinajstić information content (AvgIpc) is 2.51. The van der Waals surface area contributed by atoms with Gasteiger partial charge in [0.25, 0.3) is 0 Å². The maximum absolute atomic E-state index is 4.10. The van der Waals surface area contributed by atoms with Crippen LogP contribution in [0.3, 0.4) is 0 Å². The zero-order chi connectivity index (χ0) is 15.2. The predicted molar refractivity (Wildman–Crippen MR) is 93.7 cm³/mol. The molecular formula is C20H21N. The van der Waals surface area contributed by atoms with Crippen LogP contribution in [0.1, 0.15) is 19.4 Å². The first kappa shape index (κ1) is 14.9. The van der Waals surface area contributed by atoms with E-state index in [-0.39, 0.29) is 0 Å². The van der Waals surface area contributed by atoms with Crippen LogP contribution in [0, 0.1) is 0 Å². The highest BCUT2D eigenvalue weighted by atomic mass is 15.1. The third-order valence-electron chi connectivity index (χ3n) is 3.39. The first-order valence-corrected chi connectivity index (χ1v) is 7.07. The fourth-order valence-corrected chi connectivity index (χ4v) is 2.37. The molecule has 0 aliphatic heterocycles. The lowest BCUT2D eigenvalue weighted by molar-refractivity contribution is 1.17. The molecule has 1 nitrogen and oxygen atoms in total. The van der Waals surface area contributed by atoms with Crippen molar-refractivity contribution in [2.24, 2.45) is 0 Å². The molecule has 0 fully saturated rings. The number of anilines is 2. The molecule has 2 rings (SSSR count). The molecule has 1 heteroatoms. The Bertz CT molecular complexity index is 648. The second-order valence-electron chi connectivity index (χ2n) is 4.90. The fraction of sp³-hybridized carbons (Fsp3) is 0.100. The number of allylic oxidation sites excluding steroid dienone is 4.